The van der Waals surface area contributed by atoms with Crippen LogP contribution >= 0.6 is 11.6 Å². The lowest BCUT2D eigenvalue weighted by atomic mass is 10.1. The predicted octanol–water partition coefficient (Wildman–Crippen LogP) is 3.06. The SMILES string of the molecule is CCOc1cc(-n2cnc(Cl)c2)nc2ccc(NC(=O)C3COC3)cc12. The van der Waals surface area contributed by atoms with Gasteiger partial charge < -0.3 is 14.8 Å². The molecule has 1 aliphatic heterocycles. The maximum atomic E-state index is 12.1. The van der Waals surface area contributed by atoms with Crippen molar-refractivity contribution in [2.24, 2.45) is 5.92 Å². The van der Waals surface area contributed by atoms with Crippen LogP contribution < -0.4 is 10.1 Å². The van der Waals surface area contributed by atoms with Crippen molar-refractivity contribution in [2.45, 2.75) is 6.92 Å². The summed E-state index contributed by atoms with van der Waals surface area (Å²) in [6.45, 7) is 3.38. The first kappa shape index (κ1) is 16.8. The van der Waals surface area contributed by atoms with Crippen molar-refractivity contribution < 1.29 is 14.3 Å². The van der Waals surface area contributed by atoms with Crippen molar-refractivity contribution in [3.05, 3.63) is 41.9 Å². The molecule has 8 heteroatoms. The maximum absolute atomic E-state index is 12.1. The van der Waals surface area contributed by atoms with E-state index in [1.165, 1.54) is 0 Å². The maximum Gasteiger partial charge on any atom is 0.232 e. The number of nitrogens with one attached hydrogen (secondary N) is 1. The predicted molar refractivity (Wildman–Crippen MR) is 98.0 cm³/mol. The second-order valence-electron chi connectivity index (χ2n) is 5.97. The van der Waals surface area contributed by atoms with Crippen molar-refractivity contribution in [1.29, 1.82) is 0 Å². The molecule has 1 N–H and O–H groups in total. The molecule has 26 heavy (non-hydrogen) atoms. The Morgan fingerprint density at radius 1 is 1.42 bits per heavy atom. The summed E-state index contributed by atoms with van der Waals surface area (Å²) in [5.41, 5.74) is 1.45. The number of imidazole rings is 1. The highest BCUT2D eigenvalue weighted by molar-refractivity contribution is 6.29. The molecule has 1 aliphatic rings. The monoisotopic (exact) mass is 372 g/mol. The van der Waals surface area contributed by atoms with Gasteiger partial charge in [-0.2, -0.15) is 0 Å². The summed E-state index contributed by atoms with van der Waals surface area (Å²) < 4.78 is 12.6. The van der Waals surface area contributed by atoms with E-state index in [4.69, 9.17) is 21.1 Å². The van der Waals surface area contributed by atoms with Crippen LogP contribution in [0.4, 0.5) is 5.69 Å². The summed E-state index contributed by atoms with van der Waals surface area (Å²) in [6.07, 6.45) is 3.28. The van der Waals surface area contributed by atoms with Gasteiger partial charge in [0.2, 0.25) is 5.91 Å². The molecule has 0 bridgehead atoms. The van der Waals surface area contributed by atoms with Gasteiger partial charge in [0.25, 0.3) is 0 Å². The zero-order chi connectivity index (χ0) is 18.1. The topological polar surface area (TPSA) is 78.3 Å². The normalized spacial score (nSPS) is 14.2. The van der Waals surface area contributed by atoms with Crippen LogP contribution in [0.25, 0.3) is 16.7 Å². The Hall–Kier alpha value is -2.64. The molecular formula is C18H17ClN4O3. The number of pyridine rings is 1. The zero-order valence-corrected chi connectivity index (χ0v) is 14.9. The van der Waals surface area contributed by atoms with Gasteiger partial charge in [0.15, 0.2) is 0 Å². The lowest BCUT2D eigenvalue weighted by Crippen LogP contribution is -2.38. The van der Waals surface area contributed by atoms with E-state index in [1.807, 2.05) is 31.2 Å². The quantitative estimate of drug-likeness (QED) is 0.744. The minimum absolute atomic E-state index is 0.0359. The highest BCUT2D eigenvalue weighted by Gasteiger charge is 2.26. The average molecular weight is 373 g/mol. The van der Waals surface area contributed by atoms with Crippen molar-refractivity contribution in [3.63, 3.8) is 0 Å². The van der Waals surface area contributed by atoms with Crippen LogP contribution in [0.5, 0.6) is 5.75 Å². The minimum Gasteiger partial charge on any atom is -0.493 e. The molecular weight excluding hydrogens is 356 g/mol. The summed E-state index contributed by atoms with van der Waals surface area (Å²) in [7, 11) is 0. The fraction of sp³-hybridized carbons (Fsp3) is 0.278. The van der Waals surface area contributed by atoms with E-state index in [0.717, 1.165) is 10.9 Å². The van der Waals surface area contributed by atoms with Gasteiger partial charge in [0.05, 0.1) is 31.3 Å². The van der Waals surface area contributed by atoms with E-state index >= 15 is 0 Å². The fourth-order valence-corrected chi connectivity index (χ4v) is 2.87. The molecule has 0 atom stereocenters. The number of nitrogens with zero attached hydrogens (tertiary/aromatic N) is 3. The van der Waals surface area contributed by atoms with Crippen molar-refractivity contribution in [3.8, 4) is 11.6 Å². The number of ether oxygens (including phenoxy) is 2. The first-order valence-electron chi connectivity index (χ1n) is 8.30. The Morgan fingerprint density at radius 3 is 2.92 bits per heavy atom. The van der Waals surface area contributed by atoms with Gasteiger partial charge in [0.1, 0.15) is 23.0 Å². The first-order valence-corrected chi connectivity index (χ1v) is 8.68. The summed E-state index contributed by atoms with van der Waals surface area (Å²) in [6, 6.07) is 7.38. The zero-order valence-electron chi connectivity index (χ0n) is 14.1. The number of aromatic nitrogens is 3. The van der Waals surface area contributed by atoms with E-state index in [2.05, 4.69) is 15.3 Å². The van der Waals surface area contributed by atoms with Crippen molar-refractivity contribution in [2.75, 3.05) is 25.1 Å². The molecule has 0 radical (unpaired) electrons. The Morgan fingerprint density at radius 2 is 2.27 bits per heavy atom. The average Bonchev–Trinajstić information content (AvgIpc) is 3.00. The van der Waals surface area contributed by atoms with Crippen LogP contribution in [0, 0.1) is 5.92 Å². The molecule has 1 aromatic carbocycles. The number of hydrogen-bond acceptors (Lipinski definition) is 5. The summed E-state index contributed by atoms with van der Waals surface area (Å²) in [4.78, 5) is 20.8. The molecule has 3 heterocycles. The van der Waals surface area contributed by atoms with Gasteiger partial charge in [0, 0.05) is 23.3 Å². The summed E-state index contributed by atoms with van der Waals surface area (Å²) in [5.74, 6) is 1.22. The number of hydrogen-bond donors (Lipinski definition) is 1. The molecule has 0 unspecified atom stereocenters. The van der Waals surface area contributed by atoms with Crippen LogP contribution in [0.2, 0.25) is 5.15 Å². The number of amides is 1. The molecule has 0 saturated carbocycles. The van der Waals surface area contributed by atoms with Gasteiger partial charge in [-0.1, -0.05) is 11.6 Å². The Labute approximate surface area is 154 Å². The molecule has 4 rings (SSSR count). The second kappa shape index (κ2) is 6.93. The number of halogens is 1. The molecule has 1 saturated heterocycles. The number of fused-ring (bicyclic) bond motifs is 1. The van der Waals surface area contributed by atoms with Gasteiger partial charge in [-0.15, -0.1) is 0 Å². The smallest absolute Gasteiger partial charge is 0.232 e. The third-order valence-electron chi connectivity index (χ3n) is 4.15. The van der Waals surface area contributed by atoms with E-state index < -0.39 is 0 Å². The van der Waals surface area contributed by atoms with Crippen LogP contribution in [0.15, 0.2) is 36.8 Å². The largest absolute Gasteiger partial charge is 0.493 e. The number of carbonyl (C=O) groups is 1. The molecule has 1 fully saturated rings. The van der Waals surface area contributed by atoms with Gasteiger partial charge >= 0.3 is 0 Å². The van der Waals surface area contributed by atoms with Crippen LogP contribution in [0.1, 0.15) is 6.92 Å². The van der Waals surface area contributed by atoms with Crippen LogP contribution in [0.3, 0.4) is 0 Å². The fourth-order valence-electron chi connectivity index (χ4n) is 2.72. The van der Waals surface area contributed by atoms with E-state index in [1.54, 1.807) is 17.1 Å². The molecule has 3 aromatic rings. The number of anilines is 1. The standard InChI is InChI=1S/C18H17ClN4O3/c1-2-26-15-6-17(23-7-16(19)20-10-23)22-14-4-3-12(5-13(14)15)21-18(24)11-8-25-9-11/h3-7,10-11H,2,8-9H2,1H3,(H,21,24). The Bertz CT molecular complexity index is 968. The lowest BCUT2D eigenvalue weighted by Gasteiger charge is -2.24. The van der Waals surface area contributed by atoms with Crippen LogP contribution in [-0.4, -0.2) is 40.3 Å². The lowest BCUT2D eigenvalue weighted by molar-refractivity contribution is -0.133. The third kappa shape index (κ3) is 3.23. The molecule has 0 spiro atoms. The second-order valence-corrected chi connectivity index (χ2v) is 6.36. The molecule has 134 valence electrons. The van der Waals surface area contributed by atoms with Crippen LogP contribution in [-0.2, 0) is 9.53 Å². The summed E-state index contributed by atoms with van der Waals surface area (Å²) in [5, 5.41) is 4.14. The van der Waals surface area contributed by atoms with Crippen molar-refractivity contribution in [1.82, 2.24) is 14.5 Å². The Kier molecular flexibility index (Phi) is 4.48. The molecule has 1 amide bonds. The van der Waals surface area contributed by atoms with E-state index in [0.29, 0.717) is 42.2 Å². The minimum atomic E-state index is -0.0800. The molecule has 0 aliphatic carbocycles. The Balaban J connectivity index is 1.71. The van der Waals surface area contributed by atoms with Gasteiger partial charge in [-0.3, -0.25) is 9.36 Å². The third-order valence-corrected chi connectivity index (χ3v) is 4.34. The first-order chi connectivity index (χ1) is 12.6. The van der Waals surface area contributed by atoms with Gasteiger partial charge in [-0.05, 0) is 25.1 Å². The highest BCUT2D eigenvalue weighted by atomic mass is 35.5. The molecule has 2 aromatic heterocycles. The molecule has 7 nitrogen and oxygen atoms in total. The van der Waals surface area contributed by atoms with E-state index in [-0.39, 0.29) is 11.8 Å². The van der Waals surface area contributed by atoms with E-state index in [9.17, 15) is 4.79 Å². The van der Waals surface area contributed by atoms with Crippen molar-refractivity contribution >= 4 is 34.1 Å². The van der Waals surface area contributed by atoms with Gasteiger partial charge in [-0.25, -0.2) is 9.97 Å². The highest BCUT2D eigenvalue weighted by Crippen LogP contribution is 2.30. The number of benzene rings is 1. The number of rotatable bonds is 5. The number of carbonyl (C=O) groups excluding carboxylic acids is 1. The summed E-state index contributed by atoms with van der Waals surface area (Å²) >= 11 is 5.90.